The number of methoxy groups -OCH3 is 1. The Morgan fingerprint density at radius 1 is 1.36 bits per heavy atom. The summed E-state index contributed by atoms with van der Waals surface area (Å²) in [6, 6.07) is 9.39. The fourth-order valence-electron chi connectivity index (χ4n) is 0.626. The van der Waals surface area contributed by atoms with Crippen molar-refractivity contribution in [3.05, 3.63) is 30.3 Å². The van der Waals surface area contributed by atoms with Crippen molar-refractivity contribution in [1.82, 2.24) is 0 Å². The van der Waals surface area contributed by atoms with Gasteiger partial charge in [0.1, 0.15) is 0 Å². The quantitative estimate of drug-likeness (QED) is 0.476. The SMILES string of the molecule is COC(=O)Sc1ccccc1. The number of rotatable bonds is 1. The Kier molecular flexibility index (Phi) is 2.98. The van der Waals surface area contributed by atoms with Crippen LogP contribution in [0, 0.1) is 0 Å². The van der Waals surface area contributed by atoms with Gasteiger partial charge < -0.3 is 4.74 Å². The van der Waals surface area contributed by atoms with Crippen LogP contribution < -0.4 is 0 Å². The molecule has 0 aromatic heterocycles. The molecule has 0 fully saturated rings. The summed E-state index contributed by atoms with van der Waals surface area (Å²) in [7, 11) is 1.37. The molecule has 0 unspecified atom stereocenters. The zero-order valence-corrected chi connectivity index (χ0v) is 6.93. The molecule has 0 atom stereocenters. The fraction of sp³-hybridized carbons (Fsp3) is 0.125. The predicted molar refractivity (Wildman–Crippen MR) is 44.7 cm³/mol. The maximum Gasteiger partial charge on any atom is 0.371 e. The minimum atomic E-state index is -0.281. The number of benzene rings is 1. The molecule has 0 heterocycles. The van der Waals surface area contributed by atoms with Crippen LogP contribution in [0.5, 0.6) is 0 Å². The Hall–Kier alpha value is -0.960. The van der Waals surface area contributed by atoms with E-state index in [2.05, 4.69) is 4.74 Å². The second kappa shape index (κ2) is 4.03. The summed E-state index contributed by atoms with van der Waals surface area (Å²) in [4.78, 5) is 11.6. The van der Waals surface area contributed by atoms with Crippen molar-refractivity contribution < 1.29 is 9.53 Å². The highest BCUT2D eigenvalue weighted by atomic mass is 32.2. The van der Waals surface area contributed by atoms with Crippen LogP contribution in [0.1, 0.15) is 0 Å². The molecular formula is C8H8O2S. The molecule has 3 heteroatoms. The molecule has 11 heavy (non-hydrogen) atoms. The van der Waals surface area contributed by atoms with Crippen molar-refractivity contribution in [2.24, 2.45) is 0 Å². The lowest BCUT2D eigenvalue weighted by Crippen LogP contribution is -1.89. The summed E-state index contributed by atoms with van der Waals surface area (Å²) in [6.45, 7) is 0. The van der Waals surface area contributed by atoms with Gasteiger partial charge in [-0.15, -0.1) is 0 Å². The van der Waals surface area contributed by atoms with Gasteiger partial charge in [0, 0.05) is 4.90 Å². The zero-order valence-electron chi connectivity index (χ0n) is 6.11. The zero-order chi connectivity index (χ0) is 8.10. The average molecular weight is 168 g/mol. The van der Waals surface area contributed by atoms with Gasteiger partial charge in [-0.2, -0.15) is 0 Å². The van der Waals surface area contributed by atoms with Gasteiger partial charge in [0.2, 0.25) is 0 Å². The van der Waals surface area contributed by atoms with Crippen molar-refractivity contribution >= 4 is 17.1 Å². The molecule has 0 aliphatic heterocycles. The third kappa shape index (κ3) is 2.63. The van der Waals surface area contributed by atoms with Crippen LogP contribution in [-0.2, 0) is 4.74 Å². The van der Waals surface area contributed by atoms with E-state index in [-0.39, 0.29) is 5.30 Å². The van der Waals surface area contributed by atoms with Crippen molar-refractivity contribution in [2.45, 2.75) is 4.90 Å². The van der Waals surface area contributed by atoms with E-state index in [9.17, 15) is 4.79 Å². The standard InChI is InChI=1S/C8H8O2S/c1-10-8(9)11-7-5-3-2-4-6-7/h2-6H,1H3. The Morgan fingerprint density at radius 2 is 2.00 bits per heavy atom. The van der Waals surface area contributed by atoms with E-state index in [1.54, 1.807) is 0 Å². The summed E-state index contributed by atoms with van der Waals surface area (Å²) in [5.74, 6) is 0. The Labute approximate surface area is 69.6 Å². The largest absolute Gasteiger partial charge is 0.461 e. The number of thioether (sulfide) groups is 1. The second-order valence-electron chi connectivity index (χ2n) is 1.87. The van der Waals surface area contributed by atoms with Gasteiger partial charge in [0.15, 0.2) is 0 Å². The molecule has 0 aliphatic carbocycles. The molecule has 1 aromatic rings. The molecule has 1 rings (SSSR count). The first-order valence-electron chi connectivity index (χ1n) is 3.14. The Morgan fingerprint density at radius 3 is 2.55 bits per heavy atom. The molecule has 0 radical (unpaired) electrons. The average Bonchev–Trinajstić information content (AvgIpc) is 2.06. The van der Waals surface area contributed by atoms with Gasteiger partial charge in [-0.3, -0.25) is 0 Å². The van der Waals surface area contributed by atoms with Gasteiger partial charge in [-0.05, 0) is 23.9 Å². The van der Waals surface area contributed by atoms with Crippen molar-refractivity contribution in [3.63, 3.8) is 0 Å². The van der Waals surface area contributed by atoms with E-state index in [4.69, 9.17) is 0 Å². The number of hydrogen-bond donors (Lipinski definition) is 0. The minimum Gasteiger partial charge on any atom is -0.461 e. The highest BCUT2D eigenvalue weighted by Crippen LogP contribution is 2.18. The first-order chi connectivity index (χ1) is 5.33. The van der Waals surface area contributed by atoms with Crippen LogP contribution >= 0.6 is 11.8 Å². The maximum atomic E-state index is 10.7. The number of ether oxygens (including phenoxy) is 1. The topological polar surface area (TPSA) is 26.3 Å². The number of carbonyl (C=O) groups excluding carboxylic acids is 1. The van der Waals surface area contributed by atoms with Crippen molar-refractivity contribution in [3.8, 4) is 0 Å². The summed E-state index contributed by atoms with van der Waals surface area (Å²) in [6.07, 6.45) is 0. The molecule has 0 spiro atoms. The highest BCUT2D eigenvalue weighted by Gasteiger charge is 2.00. The van der Waals surface area contributed by atoms with Crippen LogP contribution in [0.25, 0.3) is 0 Å². The second-order valence-corrected chi connectivity index (χ2v) is 2.88. The Bertz CT molecular complexity index is 233. The monoisotopic (exact) mass is 168 g/mol. The third-order valence-electron chi connectivity index (χ3n) is 1.11. The molecule has 0 bridgehead atoms. The van der Waals surface area contributed by atoms with Crippen LogP contribution in [-0.4, -0.2) is 12.4 Å². The van der Waals surface area contributed by atoms with Gasteiger partial charge in [0.25, 0.3) is 0 Å². The van der Waals surface area contributed by atoms with E-state index in [0.29, 0.717) is 0 Å². The molecule has 0 aliphatic rings. The molecule has 1 aromatic carbocycles. The molecular weight excluding hydrogens is 160 g/mol. The lowest BCUT2D eigenvalue weighted by atomic mass is 10.4. The summed E-state index contributed by atoms with van der Waals surface area (Å²) < 4.78 is 4.48. The van der Waals surface area contributed by atoms with E-state index in [0.717, 1.165) is 16.7 Å². The van der Waals surface area contributed by atoms with Crippen molar-refractivity contribution in [2.75, 3.05) is 7.11 Å². The predicted octanol–water partition coefficient (Wildman–Crippen LogP) is 2.55. The van der Waals surface area contributed by atoms with Crippen LogP contribution in [0.15, 0.2) is 35.2 Å². The van der Waals surface area contributed by atoms with Crippen LogP contribution in [0.2, 0.25) is 0 Å². The minimum absolute atomic E-state index is 0.281. The van der Waals surface area contributed by atoms with Crippen LogP contribution in [0.3, 0.4) is 0 Å². The fourth-order valence-corrected chi connectivity index (χ4v) is 1.20. The van der Waals surface area contributed by atoms with Crippen molar-refractivity contribution in [1.29, 1.82) is 0 Å². The highest BCUT2D eigenvalue weighted by molar-refractivity contribution is 8.13. The molecule has 0 N–H and O–H groups in total. The summed E-state index contributed by atoms with van der Waals surface area (Å²) >= 11 is 1.08. The third-order valence-corrected chi connectivity index (χ3v) is 1.95. The molecule has 2 nitrogen and oxygen atoms in total. The van der Waals surface area contributed by atoms with E-state index in [1.165, 1.54) is 7.11 Å². The van der Waals surface area contributed by atoms with Crippen LogP contribution in [0.4, 0.5) is 4.79 Å². The summed E-state index contributed by atoms with van der Waals surface area (Å²) in [5.41, 5.74) is 0. The maximum absolute atomic E-state index is 10.7. The lowest BCUT2D eigenvalue weighted by Gasteiger charge is -1.96. The summed E-state index contributed by atoms with van der Waals surface area (Å²) in [5, 5.41) is -0.281. The molecule has 0 saturated carbocycles. The molecule has 0 amide bonds. The van der Waals surface area contributed by atoms with Gasteiger partial charge in [-0.1, -0.05) is 18.2 Å². The smallest absolute Gasteiger partial charge is 0.371 e. The Balaban J connectivity index is 2.58. The van der Waals surface area contributed by atoms with E-state index >= 15 is 0 Å². The van der Waals surface area contributed by atoms with E-state index in [1.807, 2.05) is 30.3 Å². The lowest BCUT2D eigenvalue weighted by molar-refractivity contribution is 0.200. The van der Waals surface area contributed by atoms with Gasteiger partial charge >= 0.3 is 5.30 Å². The number of carbonyl (C=O) groups is 1. The van der Waals surface area contributed by atoms with E-state index < -0.39 is 0 Å². The normalized spacial score (nSPS) is 9.18. The molecule has 58 valence electrons. The number of hydrogen-bond acceptors (Lipinski definition) is 3. The first kappa shape index (κ1) is 8.14. The molecule has 0 saturated heterocycles. The first-order valence-corrected chi connectivity index (χ1v) is 3.95. The van der Waals surface area contributed by atoms with Gasteiger partial charge in [-0.25, -0.2) is 4.79 Å². The van der Waals surface area contributed by atoms with Gasteiger partial charge in [0.05, 0.1) is 7.11 Å².